The lowest BCUT2D eigenvalue weighted by Gasteiger charge is -2.26. The minimum absolute atomic E-state index is 0.0634. The molecular formula is C11H7BF6O5S. The molecular weight excluding hydrogens is 369 g/mol. The molecule has 1 N–H and O–H groups in total. The summed E-state index contributed by atoms with van der Waals surface area (Å²) in [6, 6.07) is 2.35. The van der Waals surface area contributed by atoms with Gasteiger partial charge in [-0.05, 0) is 12.1 Å². The summed E-state index contributed by atoms with van der Waals surface area (Å²) in [5, 5.41) is -5.90. The number of hydrogen-bond donors (Lipinski definition) is 1. The average molecular weight is 376 g/mol. The van der Waals surface area contributed by atoms with Gasteiger partial charge in [-0.25, -0.2) is 9.18 Å². The van der Waals surface area contributed by atoms with Crippen LogP contribution in [0.4, 0.5) is 26.3 Å². The maximum atomic E-state index is 13.5. The summed E-state index contributed by atoms with van der Waals surface area (Å²) in [7, 11) is -1.40. The number of rotatable bonds is 5. The van der Waals surface area contributed by atoms with Gasteiger partial charge in [0.25, 0.3) is 6.10 Å². The monoisotopic (exact) mass is 376 g/mol. The van der Waals surface area contributed by atoms with Gasteiger partial charge < -0.3 is 4.74 Å². The fourth-order valence-electron chi connectivity index (χ4n) is 1.49. The van der Waals surface area contributed by atoms with Crippen LogP contribution >= 0.6 is 0 Å². The third-order valence-corrected chi connectivity index (χ3v) is 3.56. The zero-order valence-electron chi connectivity index (χ0n) is 11.4. The molecule has 5 nitrogen and oxygen atoms in total. The second kappa shape index (κ2) is 6.63. The molecule has 0 fully saturated rings. The third-order valence-electron chi connectivity index (χ3n) is 2.66. The highest BCUT2D eigenvalue weighted by atomic mass is 32.2. The van der Waals surface area contributed by atoms with E-state index in [4.69, 9.17) is 12.4 Å². The van der Waals surface area contributed by atoms with Crippen LogP contribution in [0, 0.1) is 5.82 Å². The lowest BCUT2D eigenvalue weighted by atomic mass is 9.95. The van der Waals surface area contributed by atoms with Gasteiger partial charge in [-0.15, -0.1) is 0 Å². The van der Waals surface area contributed by atoms with Crippen LogP contribution in [-0.2, 0) is 21.2 Å². The van der Waals surface area contributed by atoms with Crippen LogP contribution in [0.3, 0.4) is 0 Å². The first-order chi connectivity index (χ1) is 10.7. The molecule has 0 aromatic heterocycles. The normalized spacial score (nSPS) is 14.3. The predicted molar refractivity (Wildman–Crippen MR) is 67.6 cm³/mol. The van der Waals surface area contributed by atoms with Gasteiger partial charge in [-0.1, -0.05) is 17.9 Å². The first-order valence-corrected chi connectivity index (χ1v) is 7.27. The minimum Gasteiger partial charge on any atom is -0.441 e. The number of esters is 1. The van der Waals surface area contributed by atoms with Crippen molar-refractivity contribution in [1.82, 2.24) is 0 Å². The molecule has 1 unspecified atom stereocenters. The van der Waals surface area contributed by atoms with Crippen LogP contribution in [0.15, 0.2) is 18.2 Å². The number of halogens is 6. The second-order valence-corrected chi connectivity index (χ2v) is 5.88. The summed E-state index contributed by atoms with van der Waals surface area (Å²) in [4.78, 5) is 11.6. The highest BCUT2D eigenvalue weighted by Gasteiger charge is 2.66. The number of benzene rings is 1. The van der Waals surface area contributed by atoms with E-state index in [2.05, 4.69) is 4.74 Å². The summed E-state index contributed by atoms with van der Waals surface area (Å²) in [6.45, 7) is 0. The van der Waals surface area contributed by atoms with Crippen molar-refractivity contribution in [2.45, 2.75) is 23.9 Å². The molecule has 0 bridgehead atoms. The lowest BCUT2D eigenvalue weighted by Crippen LogP contribution is -2.52. The fourth-order valence-corrected chi connectivity index (χ4v) is 1.94. The molecule has 1 aromatic rings. The maximum absolute atomic E-state index is 13.5. The maximum Gasteiger partial charge on any atom is 0.432 e. The zero-order chi connectivity index (χ0) is 18.9. The zero-order valence-corrected chi connectivity index (χ0v) is 12.2. The molecule has 1 atom stereocenters. The summed E-state index contributed by atoms with van der Waals surface area (Å²) in [5.41, 5.74) is -1.10. The number of ether oxygens (including phenoxy) is 1. The van der Waals surface area contributed by atoms with Crippen molar-refractivity contribution in [2.24, 2.45) is 0 Å². The van der Waals surface area contributed by atoms with Crippen molar-refractivity contribution < 1.29 is 48.8 Å². The largest absolute Gasteiger partial charge is 0.441 e. The van der Waals surface area contributed by atoms with E-state index < -0.39 is 45.0 Å². The van der Waals surface area contributed by atoms with E-state index in [-0.39, 0.29) is 11.9 Å². The van der Waals surface area contributed by atoms with E-state index in [0.29, 0.717) is 12.1 Å². The number of carbonyl (C=O) groups is 1. The van der Waals surface area contributed by atoms with Crippen LogP contribution in [-0.4, -0.2) is 44.3 Å². The number of carbonyl (C=O) groups excluding carboxylic acids is 1. The smallest absolute Gasteiger partial charge is 0.432 e. The number of hydrogen-bond acceptors (Lipinski definition) is 4. The Labute approximate surface area is 132 Å². The standard InChI is InChI=1S/C11H7BF6O5S/c12-4-5-1-2-7(13)6(3-5)8(19)23-9(10(14,15)16)11(17,18)24(20,21)22/h1-3,9H,4H2,(H,20,21,22). The van der Waals surface area contributed by atoms with Gasteiger partial charge in [0.1, 0.15) is 5.82 Å². The van der Waals surface area contributed by atoms with Crippen molar-refractivity contribution in [1.29, 1.82) is 0 Å². The van der Waals surface area contributed by atoms with Crippen molar-refractivity contribution in [3.05, 3.63) is 35.1 Å². The van der Waals surface area contributed by atoms with Crippen LogP contribution in [0.25, 0.3) is 0 Å². The fraction of sp³-hybridized carbons (Fsp3) is 0.364. The SMILES string of the molecule is [B]Cc1ccc(F)c(C(=O)OC(C(F)(F)F)C(F)(F)S(=O)(=O)O)c1. The van der Waals surface area contributed by atoms with Crippen molar-refractivity contribution in [2.75, 3.05) is 0 Å². The molecule has 0 heterocycles. The highest BCUT2D eigenvalue weighted by molar-refractivity contribution is 7.86. The van der Waals surface area contributed by atoms with E-state index in [1.54, 1.807) is 0 Å². The molecule has 132 valence electrons. The van der Waals surface area contributed by atoms with Crippen LogP contribution in [0.5, 0.6) is 0 Å². The Morgan fingerprint density at radius 2 is 1.79 bits per heavy atom. The van der Waals surface area contributed by atoms with E-state index >= 15 is 0 Å². The molecule has 0 aliphatic rings. The molecule has 1 aromatic carbocycles. The van der Waals surface area contributed by atoms with Crippen LogP contribution < -0.4 is 0 Å². The Balaban J connectivity index is 3.29. The average Bonchev–Trinajstić information content (AvgIpc) is 2.42. The summed E-state index contributed by atoms with van der Waals surface area (Å²) >= 11 is 0. The molecule has 13 heteroatoms. The Kier molecular flexibility index (Phi) is 5.60. The Morgan fingerprint density at radius 3 is 2.21 bits per heavy atom. The van der Waals surface area contributed by atoms with Crippen molar-refractivity contribution in [3.8, 4) is 0 Å². The van der Waals surface area contributed by atoms with Crippen molar-refractivity contribution in [3.63, 3.8) is 0 Å². The summed E-state index contributed by atoms with van der Waals surface area (Å²) in [6.07, 6.45) is -10.9. The predicted octanol–water partition coefficient (Wildman–Crippen LogP) is 2.06. The molecule has 24 heavy (non-hydrogen) atoms. The van der Waals surface area contributed by atoms with E-state index in [0.717, 1.165) is 6.07 Å². The van der Waals surface area contributed by atoms with E-state index in [9.17, 15) is 39.6 Å². The Hall–Kier alpha value is -1.76. The topological polar surface area (TPSA) is 80.7 Å². The first kappa shape index (κ1) is 20.3. The number of alkyl halides is 5. The van der Waals surface area contributed by atoms with Gasteiger partial charge in [0, 0.05) is 0 Å². The van der Waals surface area contributed by atoms with Gasteiger partial charge in [0.2, 0.25) is 0 Å². The Bertz CT molecular complexity index is 733. The van der Waals surface area contributed by atoms with E-state index in [1.165, 1.54) is 0 Å². The molecule has 2 radical (unpaired) electrons. The molecule has 0 saturated carbocycles. The molecule has 0 aliphatic carbocycles. The summed E-state index contributed by atoms with van der Waals surface area (Å²) in [5.74, 6) is -3.62. The van der Waals surface area contributed by atoms with Crippen molar-refractivity contribution >= 4 is 23.9 Å². The van der Waals surface area contributed by atoms with Gasteiger partial charge in [0.05, 0.1) is 13.4 Å². The lowest BCUT2D eigenvalue weighted by molar-refractivity contribution is -0.248. The van der Waals surface area contributed by atoms with Gasteiger partial charge in [-0.2, -0.15) is 30.4 Å². The molecule has 0 spiro atoms. The van der Waals surface area contributed by atoms with Crippen LogP contribution in [0.1, 0.15) is 15.9 Å². The molecule has 1 rings (SSSR count). The van der Waals surface area contributed by atoms with E-state index in [1.807, 2.05) is 0 Å². The van der Waals surface area contributed by atoms with Gasteiger partial charge in [0.15, 0.2) is 0 Å². The Morgan fingerprint density at radius 1 is 1.25 bits per heavy atom. The minimum atomic E-state index is -6.58. The van der Waals surface area contributed by atoms with Gasteiger partial charge >= 0.3 is 27.5 Å². The van der Waals surface area contributed by atoms with Gasteiger partial charge in [-0.3, -0.25) is 4.55 Å². The third kappa shape index (κ3) is 4.20. The second-order valence-electron chi connectivity index (χ2n) is 4.38. The van der Waals surface area contributed by atoms with Crippen LogP contribution in [0.2, 0.25) is 0 Å². The molecule has 0 amide bonds. The first-order valence-electron chi connectivity index (χ1n) is 5.83. The summed E-state index contributed by atoms with van der Waals surface area (Å²) < 4.78 is 110. The quantitative estimate of drug-likeness (QED) is 0.368. The molecule has 0 saturated heterocycles. The highest BCUT2D eigenvalue weighted by Crippen LogP contribution is 2.38. The molecule has 0 aliphatic heterocycles.